The van der Waals surface area contributed by atoms with Gasteiger partial charge in [0.15, 0.2) is 0 Å². The van der Waals surface area contributed by atoms with Crippen molar-refractivity contribution >= 4 is 23.3 Å². The normalized spacial score (nSPS) is 20.8. The second-order valence-electron chi connectivity index (χ2n) is 9.07. The Bertz CT molecular complexity index is 1060. The molecular weight excluding hydrogens is 432 g/mol. The van der Waals surface area contributed by atoms with Gasteiger partial charge in [0.05, 0.1) is 25.5 Å². The fraction of sp³-hybridized carbons (Fsp3) is 0.440. The number of amides is 3. The Balaban J connectivity index is 1.22. The first-order valence-corrected chi connectivity index (χ1v) is 11.8. The Kier molecular flexibility index (Phi) is 6.55. The molecular formula is C25H30N6O3. The first-order valence-electron chi connectivity index (χ1n) is 11.8. The maximum atomic E-state index is 12.7. The number of pyridine rings is 1. The average molecular weight is 463 g/mol. The number of fused-ring (bicyclic) bond motifs is 1. The molecule has 1 atom stereocenters. The third-order valence-electron chi connectivity index (χ3n) is 6.64. The number of rotatable bonds is 5. The van der Waals surface area contributed by atoms with Gasteiger partial charge in [0.25, 0.3) is 0 Å². The summed E-state index contributed by atoms with van der Waals surface area (Å²) in [5.74, 6) is 0.111. The van der Waals surface area contributed by atoms with Crippen molar-refractivity contribution in [2.24, 2.45) is 11.0 Å². The lowest BCUT2D eigenvalue weighted by molar-refractivity contribution is -0.132. The second kappa shape index (κ2) is 9.90. The van der Waals surface area contributed by atoms with Crippen molar-refractivity contribution < 1.29 is 14.3 Å². The summed E-state index contributed by atoms with van der Waals surface area (Å²) in [5, 5.41) is 9.31. The first kappa shape index (κ1) is 22.5. The van der Waals surface area contributed by atoms with E-state index in [0.717, 1.165) is 60.9 Å². The summed E-state index contributed by atoms with van der Waals surface area (Å²) in [6.45, 7) is 7.82. The third-order valence-corrected chi connectivity index (χ3v) is 6.64. The number of anilines is 1. The first-order chi connectivity index (χ1) is 16.6. The number of ether oxygens (including phenoxy) is 1. The monoisotopic (exact) mass is 462 g/mol. The van der Waals surface area contributed by atoms with Crippen molar-refractivity contribution in [3.8, 4) is 0 Å². The van der Waals surface area contributed by atoms with Gasteiger partial charge in [-0.25, -0.2) is 9.80 Å². The zero-order chi connectivity index (χ0) is 23.5. The Morgan fingerprint density at radius 1 is 1.09 bits per heavy atom. The van der Waals surface area contributed by atoms with E-state index >= 15 is 0 Å². The lowest BCUT2D eigenvalue weighted by Crippen LogP contribution is -2.44. The largest absolute Gasteiger partial charge is 0.379 e. The summed E-state index contributed by atoms with van der Waals surface area (Å²) in [4.78, 5) is 33.5. The van der Waals surface area contributed by atoms with Crippen LogP contribution in [0.3, 0.4) is 0 Å². The Morgan fingerprint density at radius 2 is 1.85 bits per heavy atom. The van der Waals surface area contributed by atoms with Crippen LogP contribution < -0.4 is 5.32 Å². The molecule has 178 valence electrons. The van der Waals surface area contributed by atoms with E-state index in [1.54, 1.807) is 16.1 Å². The molecule has 3 aliphatic heterocycles. The van der Waals surface area contributed by atoms with Crippen molar-refractivity contribution in [1.82, 2.24) is 19.8 Å². The summed E-state index contributed by atoms with van der Waals surface area (Å²) in [6, 6.07) is 9.53. The topological polar surface area (TPSA) is 90.4 Å². The third kappa shape index (κ3) is 4.95. The van der Waals surface area contributed by atoms with Gasteiger partial charge < -0.3 is 15.0 Å². The summed E-state index contributed by atoms with van der Waals surface area (Å²) in [7, 11) is 0. The second-order valence-corrected chi connectivity index (χ2v) is 9.07. The van der Waals surface area contributed by atoms with Crippen LogP contribution >= 0.6 is 0 Å². The van der Waals surface area contributed by atoms with Gasteiger partial charge in [-0.05, 0) is 34.9 Å². The molecule has 1 fully saturated rings. The van der Waals surface area contributed by atoms with E-state index in [-0.39, 0.29) is 17.9 Å². The van der Waals surface area contributed by atoms with E-state index in [9.17, 15) is 9.59 Å². The zero-order valence-corrected chi connectivity index (χ0v) is 19.4. The van der Waals surface area contributed by atoms with E-state index < -0.39 is 0 Å². The Hall–Kier alpha value is -3.30. The molecule has 4 heterocycles. The molecule has 0 spiro atoms. The zero-order valence-electron chi connectivity index (χ0n) is 19.4. The maximum Gasteiger partial charge on any atom is 0.322 e. The van der Waals surface area contributed by atoms with E-state index in [1.807, 2.05) is 43.5 Å². The smallest absolute Gasteiger partial charge is 0.322 e. The minimum absolute atomic E-state index is 0.0456. The van der Waals surface area contributed by atoms with Crippen LogP contribution in [0.25, 0.3) is 0 Å². The minimum Gasteiger partial charge on any atom is -0.379 e. The van der Waals surface area contributed by atoms with Crippen LogP contribution in [0.1, 0.15) is 30.0 Å². The molecule has 0 aliphatic carbocycles. The van der Waals surface area contributed by atoms with Crippen molar-refractivity contribution in [3.05, 3.63) is 59.4 Å². The molecule has 34 heavy (non-hydrogen) atoms. The van der Waals surface area contributed by atoms with Gasteiger partial charge in [0.2, 0.25) is 5.91 Å². The standard InChI is InChI=1S/C25H30N6O3/c1-18-14-23(32)31(9-8-29-10-12-34-13-11-29)28-24(18)19-2-4-22(5-3-19)27-25(33)30-16-20-6-7-26-15-21(20)17-30/h2-7,15,18H,8-14,16-17H2,1H3,(H,27,33). The molecule has 1 N–H and O–H groups in total. The van der Waals surface area contributed by atoms with Crippen molar-refractivity contribution in [2.45, 2.75) is 26.4 Å². The molecule has 3 amide bonds. The number of urea groups is 1. The molecule has 9 nitrogen and oxygen atoms in total. The SMILES string of the molecule is CC1CC(=O)N(CCN2CCOCC2)N=C1c1ccc(NC(=O)N2Cc3ccncc3C2)cc1. The highest BCUT2D eigenvalue weighted by Crippen LogP contribution is 2.24. The minimum atomic E-state index is -0.132. The van der Waals surface area contributed by atoms with Crippen LogP contribution in [0.4, 0.5) is 10.5 Å². The fourth-order valence-corrected chi connectivity index (χ4v) is 4.62. The molecule has 2 aromatic rings. The quantitative estimate of drug-likeness (QED) is 0.738. The number of carbonyl (C=O) groups excluding carboxylic acids is 2. The number of hydrazone groups is 1. The van der Waals surface area contributed by atoms with Crippen LogP contribution in [0.2, 0.25) is 0 Å². The molecule has 0 saturated carbocycles. The average Bonchev–Trinajstić information content (AvgIpc) is 3.30. The van der Waals surface area contributed by atoms with Gasteiger partial charge in [-0.2, -0.15) is 5.10 Å². The number of hydrogen-bond acceptors (Lipinski definition) is 6. The highest BCUT2D eigenvalue weighted by Gasteiger charge is 2.28. The van der Waals surface area contributed by atoms with Gasteiger partial charge in [-0.3, -0.25) is 14.7 Å². The van der Waals surface area contributed by atoms with Crippen molar-refractivity contribution in [1.29, 1.82) is 0 Å². The summed E-state index contributed by atoms with van der Waals surface area (Å²) < 4.78 is 5.40. The van der Waals surface area contributed by atoms with E-state index in [4.69, 9.17) is 9.84 Å². The predicted molar refractivity (Wildman–Crippen MR) is 128 cm³/mol. The fourth-order valence-electron chi connectivity index (χ4n) is 4.62. The maximum absolute atomic E-state index is 12.7. The van der Waals surface area contributed by atoms with Crippen LogP contribution in [0, 0.1) is 5.92 Å². The number of benzene rings is 1. The van der Waals surface area contributed by atoms with Crippen LogP contribution in [0.5, 0.6) is 0 Å². The number of aromatic nitrogens is 1. The Morgan fingerprint density at radius 3 is 2.62 bits per heavy atom. The highest BCUT2D eigenvalue weighted by atomic mass is 16.5. The number of nitrogens with zero attached hydrogens (tertiary/aromatic N) is 5. The number of nitrogens with one attached hydrogen (secondary N) is 1. The molecule has 5 rings (SSSR count). The van der Waals surface area contributed by atoms with Gasteiger partial charge in [-0.1, -0.05) is 19.1 Å². The van der Waals surface area contributed by atoms with Gasteiger partial charge in [0.1, 0.15) is 0 Å². The molecule has 0 bridgehead atoms. The summed E-state index contributed by atoms with van der Waals surface area (Å²) >= 11 is 0. The van der Waals surface area contributed by atoms with E-state index in [1.165, 1.54) is 0 Å². The number of hydrogen-bond donors (Lipinski definition) is 1. The molecule has 9 heteroatoms. The van der Waals surface area contributed by atoms with Crippen LogP contribution in [0.15, 0.2) is 47.8 Å². The van der Waals surface area contributed by atoms with Crippen LogP contribution in [-0.2, 0) is 22.6 Å². The van der Waals surface area contributed by atoms with Crippen LogP contribution in [-0.4, -0.2) is 76.8 Å². The van der Waals surface area contributed by atoms with Crippen molar-refractivity contribution in [2.75, 3.05) is 44.7 Å². The summed E-state index contributed by atoms with van der Waals surface area (Å²) in [5.41, 5.74) is 4.82. The highest BCUT2D eigenvalue weighted by molar-refractivity contribution is 6.06. The van der Waals surface area contributed by atoms with Gasteiger partial charge >= 0.3 is 6.03 Å². The van der Waals surface area contributed by atoms with Gasteiger partial charge in [-0.15, -0.1) is 0 Å². The van der Waals surface area contributed by atoms with Crippen molar-refractivity contribution in [3.63, 3.8) is 0 Å². The molecule has 1 aromatic heterocycles. The van der Waals surface area contributed by atoms with Gasteiger partial charge in [0, 0.05) is 63.1 Å². The molecule has 1 aromatic carbocycles. The van der Waals surface area contributed by atoms with E-state index in [0.29, 0.717) is 26.1 Å². The lowest BCUT2D eigenvalue weighted by Gasteiger charge is -2.31. The van der Waals surface area contributed by atoms with E-state index in [2.05, 4.69) is 15.2 Å². The molecule has 1 saturated heterocycles. The lowest BCUT2D eigenvalue weighted by atomic mass is 9.93. The molecule has 3 aliphatic rings. The summed E-state index contributed by atoms with van der Waals surface area (Å²) in [6.07, 6.45) is 4.02. The number of carbonyl (C=O) groups is 2. The molecule has 1 unspecified atom stereocenters. The predicted octanol–water partition coefficient (Wildman–Crippen LogP) is 2.53. The molecule has 0 radical (unpaired) electrons. The Labute approximate surface area is 199 Å². The number of morpholine rings is 1.